The van der Waals surface area contributed by atoms with E-state index in [9.17, 15) is 0 Å². The van der Waals surface area contributed by atoms with Crippen molar-refractivity contribution >= 4 is 10.8 Å². The molecule has 3 unspecified atom stereocenters. The Balaban J connectivity index is 1.98. The van der Waals surface area contributed by atoms with Crippen molar-refractivity contribution in [2.45, 2.75) is 38.0 Å². The topological polar surface area (TPSA) is 48.1 Å². The van der Waals surface area contributed by atoms with Gasteiger partial charge in [0.25, 0.3) is 0 Å². The Kier molecular flexibility index (Phi) is 3.02. The molecule has 2 aromatic rings. The number of nitrogens with two attached hydrogens (primary N) is 1. The highest BCUT2D eigenvalue weighted by molar-refractivity contribution is 5.85. The maximum Gasteiger partial charge on any atom is 0.0772 e. The minimum atomic E-state index is -0.0546. The van der Waals surface area contributed by atoms with Gasteiger partial charge in [0, 0.05) is 17.8 Å². The maximum atomic E-state index is 6.38. The van der Waals surface area contributed by atoms with Gasteiger partial charge in [-0.25, -0.2) is 0 Å². The van der Waals surface area contributed by atoms with Crippen LogP contribution in [0.3, 0.4) is 0 Å². The highest BCUT2D eigenvalue weighted by Crippen LogP contribution is 2.31. The molecule has 1 aliphatic heterocycles. The molecule has 3 nitrogen and oxygen atoms in total. The van der Waals surface area contributed by atoms with Crippen molar-refractivity contribution in [3.8, 4) is 0 Å². The lowest BCUT2D eigenvalue weighted by molar-refractivity contribution is 0.0404. The first kappa shape index (κ1) is 11.6. The van der Waals surface area contributed by atoms with Crippen LogP contribution in [0.1, 0.15) is 31.4 Å². The monoisotopic (exact) mass is 242 g/mol. The SMILES string of the molecule is CC1CCC(C(N)c2cccc3cnccc23)O1. The summed E-state index contributed by atoms with van der Waals surface area (Å²) < 4.78 is 5.89. The van der Waals surface area contributed by atoms with E-state index in [4.69, 9.17) is 10.5 Å². The van der Waals surface area contributed by atoms with Crippen LogP contribution in [0, 0.1) is 0 Å². The molecule has 2 N–H and O–H groups in total. The number of aromatic nitrogens is 1. The van der Waals surface area contributed by atoms with E-state index >= 15 is 0 Å². The Bertz CT molecular complexity index is 550. The van der Waals surface area contributed by atoms with Gasteiger partial charge >= 0.3 is 0 Å². The van der Waals surface area contributed by atoms with Crippen LogP contribution in [0.25, 0.3) is 10.8 Å². The third-order valence-corrected chi connectivity index (χ3v) is 3.74. The molecule has 0 saturated carbocycles. The van der Waals surface area contributed by atoms with Crippen LogP contribution in [0.4, 0.5) is 0 Å². The average Bonchev–Trinajstić information content (AvgIpc) is 2.84. The summed E-state index contributed by atoms with van der Waals surface area (Å²) in [5.41, 5.74) is 7.54. The Morgan fingerprint density at radius 3 is 3.00 bits per heavy atom. The van der Waals surface area contributed by atoms with E-state index in [0.717, 1.165) is 23.8 Å². The summed E-state index contributed by atoms with van der Waals surface area (Å²) in [6.07, 6.45) is 6.31. The lowest BCUT2D eigenvalue weighted by Crippen LogP contribution is -2.26. The molecule has 1 aromatic heterocycles. The molecule has 0 spiro atoms. The van der Waals surface area contributed by atoms with Gasteiger partial charge in [-0.2, -0.15) is 0 Å². The van der Waals surface area contributed by atoms with Gasteiger partial charge in [0.2, 0.25) is 0 Å². The molecule has 3 heteroatoms. The van der Waals surface area contributed by atoms with Gasteiger partial charge in [-0.3, -0.25) is 4.98 Å². The number of benzene rings is 1. The predicted octanol–water partition coefficient (Wildman–Crippen LogP) is 2.80. The van der Waals surface area contributed by atoms with Crippen molar-refractivity contribution < 1.29 is 4.74 Å². The molecule has 1 fully saturated rings. The highest BCUT2D eigenvalue weighted by Gasteiger charge is 2.28. The van der Waals surface area contributed by atoms with Gasteiger partial charge in [-0.1, -0.05) is 18.2 Å². The van der Waals surface area contributed by atoms with Crippen LogP contribution in [0.5, 0.6) is 0 Å². The molecule has 3 atom stereocenters. The molecule has 94 valence electrons. The van der Waals surface area contributed by atoms with Crippen molar-refractivity contribution in [1.29, 1.82) is 0 Å². The van der Waals surface area contributed by atoms with E-state index in [-0.39, 0.29) is 12.1 Å². The Hall–Kier alpha value is -1.45. The molecule has 2 heterocycles. The van der Waals surface area contributed by atoms with E-state index < -0.39 is 0 Å². The summed E-state index contributed by atoms with van der Waals surface area (Å²) in [5.74, 6) is 0. The van der Waals surface area contributed by atoms with Gasteiger partial charge in [0.05, 0.1) is 18.2 Å². The number of rotatable bonds is 2. The van der Waals surface area contributed by atoms with Gasteiger partial charge in [-0.15, -0.1) is 0 Å². The van der Waals surface area contributed by atoms with Crippen molar-refractivity contribution in [2.75, 3.05) is 0 Å². The first-order valence-corrected chi connectivity index (χ1v) is 6.49. The quantitative estimate of drug-likeness (QED) is 0.881. The van der Waals surface area contributed by atoms with Crippen LogP contribution >= 0.6 is 0 Å². The van der Waals surface area contributed by atoms with Gasteiger partial charge in [0.1, 0.15) is 0 Å². The summed E-state index contributed by atoms with van der Waals surface area (Å²) in [6, 6.07) is 8.18. The third kappa shape index (κ3) is 2.00. The Morgan fingerprint density at radius 1 is 1.33 bits per heavy atom. The molecule has 3 rings (SSSR count). The molecule has 0 aliphatic carbocycles. The summed E-state index contributed by atoms with van der Waals surface area (Å²) in [6.45, 7) is 2.11. The second kappa shape index (κ2) is 4.67. The number of ether oxygens (including phenoxy) is 1. The molecule has 1 saturated heterocycles. The van der Waals surface area contributed by atoms with Crippen molar-refractivity contribution in [3.05, 3.63) is 42.2 Å². The van der Waals surface area contributed by atoms with Crippen LogP contribution in [0.15, 0.2) is 36.7 Å². The predicted molar refractivity (Wildman–Crippen MR) is 72.2 cm³/mol. The Labute approximate surface area is 107 Å². The van der Waals surface area contributed by atoms with E-state index in [2.05, 4.69) is 24.0 Å². The van der Waals surface area contributed by atoms with Gasteiger partial charge in [0.15, 0.2) is 0 Å². The van der Waals surface area contributed by atoms with E-state index in [1.165, 1.54) is 5.39 Å². The highest BCUT2D eigenvalue weighted by atomic mass is 16.5. The number of hydrogen-bond donors (Lipinski definition) is 1. The molecule has 18 heavy (non-hydrogen) atoms. The van der Waals surface area contributed by atoms with Gasteiger partial charge in [-0.05, 0) is 36.8 Å². The van der Waals surface area contributed by atoms with Crippen LogP contribution in [-0.4, -0.2) is 17.2 Å². The zero-order valence-corrected chi connectivity index (χ0v) is 10.5. The molecular weight excluding hydrogens is 224 g/mol. The van der Waals surface area contributed by atoms with Crippen molar-refractivity contribution in [2.24, 2.45) is 5.73 Å². The Morgan fingerprint density at radius 2 is 2.22 bits per heavy atom. The normalized spacial score (nSPS) is 25.4. The first-order chi connectivity index (χ1) is 8.75. The average molecular weight is 242 g/mol. The van der Waals surface area contributed by atoms with Crippen LogP contribution < -0.4 is 5.73 Å². The second-order valence-electron chi connectivity index (χ2n) is 5.03. The van der Waals surface area contributed by atoms with E-state index in [1.54, 1.807) is 0 Å². The van der Waals surface area contributed by atoms with Crippen molar-refractivity contribution in [1.82, 2.24) is 4.98 Å². The molecule has 0 bridgehead atoms. The zero-order valence-electron chi connectivity index (χ0n) is 10.5. The number of pyridine rings is 1. The minimum Gasteiger partial charge on any atom is -0.373 e. The maximum absolute atomic E-state index is 6.38. The molecule has 1 aliphatic rings. The fourth-order valence-electron chi connectivity index (χ4n) is 2.74. The fourth-order valence-corrected chi connectivity index (χ4v) is 2.74. The number of hydrogen-bond acceptors (Lipinski definition) is 3. The second-order valence-corrected chi connectivity index (χ2v) is 5.03. The molecule has 0 radical (unpaired) electrons. The molecule has 0 amide bonds. The number of fused-ring (bicyclic) bond motifs is 1. The largest absolute Gasteiger partial charge is 0.373 e. The summed E-state index contributed by atoms with van der Waals surface area (Å²) >= 11 is 0. The molecule has 1 aromatic carbocycles. The van der Waals surface area contributed by atoms with Crippen LogP contribution in [0.2, 0.25) is 0 Å². The number of nitrogens with zero attached hydrogens (tertiary/aromatic N) is 1. The van der Waals surface area contributed by atoms with Gasteiger partial charge < -0.3 is 10.5 Å². The lowest BCUT2D eigenvalue weighted by Gasteiger charge is -2.21. The smallest absolute Gasteiger partial charge is 0.0772 e. The lowest BCUT2D eigenvalue weighted by atomic mass is 9.95. The minimum absolute atomic E-state index is 0.0546. The zero-order chi connectivity index (χ0) is 12.5. The van der Waals surface area contributed by atoms with Crippen molar-refractivity contribution in [3.63, 3.8) is 0 Å². The van der Waals surface area contributed by atoms with Crippen LogP contribution in [-0.2, 0) is 4.74 Å². The summed E-state index contributed by atoms with van der Waals surface area (Å²) in [4.78, 5) is 4.15. The molecular formula is C15H18N2O. The standard InChI is InChI=1S/C15H18N2O/c1-10-5-6-14(18-10)15(16)13-4-2-3-11-9-17-8-7-12(11)13/h2-4,7-10,14-15H,5-6,16H2,1H3. The van der Waals surface area contributed by atoms with E-state index in [1.807, 2.05) is 24.5 Å². The third-order valence-electron chi connectivity index (χ3n) is 3.74. The van der Waals surface area contributed by atoms with E-state index in [0.29, 0.717) is 6.10 Å². The first-order valence-electron chi connectivity index (χ1n) is 6.49. The summed E-state index contributed by atoms with van der Waals surface area (Å²) in [7, 11) is 0. The summed E-state index contributed by atoms with van der Waals surface area (Å²) in [5, 5.41) is 2.32. The fraction of sp³-hybridized carbons (Fsp3) is 0.400.